The van der Waals surface area contributed by atoms with E-state index in [0.29, 0.717) is 18.3 Å². The number of pyridine rings is 1. The van der Waals surface area contributed by atoms with Crippen molar-refractivity contribution < 1.29 is 27.8 Å². The van der Waals surface area contributed by atoms with E-state index in [9.17, 15) is 13.6 Å². The lowest BCUT2D eigenvalue weighted by Gasteiger charge is -2.22. The maximum atomic E-state index is 12.6. The minimum atomic E-state index is -3.03. The molecule has 1 aliphatic rings. The molecule has 0 radical (unpaired) electrons. The van der Waals surface area contributed by atoms with E-state index in [1.807, 2.05) is 0 Å². The van der Waals surface area contributed by atoms with Gasteiger partial charge in [-0.15, -0.1) is 0 Å². The summed E-state index contributed by atoms with van der Waals surface area (Å²) in [7, 11) is 1.33. The largest absolute Gasteiger partial charge is 0.493 e. The Labute approximate surface area is 168 Å². The molecule has 1 fully saturated rings. The number of hydrogen-bond acceptors (Lipinski definition) is 5. The molecule has 0 atom stereocenters. The molecule has 3 rings (SSSR count). The molecule has 2 aromatic rings. The quantitative estimate of drug-likeness (QED) is 0.675. The van der Waals surface area contributed by atoms with Crippen LogP contribution in [0.5, 0.6) is 17.2 Å². The molecule has 0 aliphatic heterocycles. The molecule has 8 heteroatoms. The molecule has 6 nitrogen and oxygen atoms in total. The van der Waals surface area contributed by atoms with Gasteiger partial charge in [0, 0.05) is 11.8 Å². The first-order valence-corrected chi connectivity index (χ1v) is 9.59. The lowest BCUT2D eigenvalue weighted by molar-refractivity contribution is -0.0512. The average molecular weight is 406 g/mol. The number of ether oxygens (including phenoxy) is 3. The Morgan fingerprint density at radius 3 is 2.69 bits per heavy atom. The van der Waals surface area contributed by atoms with Crippen LogP contribution in [0.2, 0.25) is 0 Å². The third kappa shape index (κ3) is 5.79. The standard InChI is InChI=1S/C21H24F2N2O4/c1-27-16-10-9-15(12-18(16)29-21(22)23)20(26)25-19-17(8-5-11-24-19)28-13-14-6-3-2-4-7-14/h5,8-12,14,21H,2-4,6-7,13H2,1H3,(H,24,25,26). The molecule has 0 bridgehead atoms. The first kappa shape index (κ1) is 20.8. The Hall–Kier alpha value is -2.90. The Bertz CT molecular complexity index is 826. The van der Waals surface area contributed by atoms with Gasteiger partial charge in [0.1, 0.15) is 0 Å². The normalized spacial score (nSPS) is 14.5. The first-order valence-electron chi connectivity index (χ1n) is 9.59. The van der Waals surface area contributed by atoms with Crippen LogP contribution in [0.3, 0.4) is 0 Å². The van der Waals surface area contributed by atoms with Gasteiger partial charge in [-0.1, -0.05) is 19.3 Å². The number of carbonyl (C=O) groups excluding carboxylic acids is 1. The van der Waals surface area contributed by atoms with Crippen LogP contribution in [0.25, 0.3) is 0 Å². The Morgan fingerprint density at radius 2 is 1.97 bits per heavy atom. The smallest absolute Gasteiger partial charge is 0.387 e. The second-order valence-electron chi connectivity index (χ2n) is 6.86. The number of benzene rings is 1. The molecular formula is C21H24F2N2O4. The van der Waals surface area contributed by atoms with Gasteiger partial charge in [0.25, 0.3) is 5.91 Å². The minimum absolute atomic E-state index is 0.108. The molecule has 1 heterocycles. The highest BCUT2D eigenvalue weighted by atomic mass is 19.3. The van der Waals surface area contributed by atoms with Crippen molar-refractivity contribution in [3.63, 3.8) is 0 Å². The zero-order valence-electron chi connectivity index (χ0n) is 16.2. The minimum Gasteiger partial charge on any atom is -0.493 e. The maximum absolute atomic E-state index is 12.6. The summed E-state index contributed by atoms with van der Waals surface area (Å²) in [6, 6.07) is 7.52. The van der Waals surface area contributed by atoms with E-state index in [1.165, 1.54) is 44.6 Å². The lowest BCUT2D eigenvalue weighted by Crippen LogP contribution is -2.18. The molecule has 0 spiro atoms. The van der Waals surface area contributed by atoms with Crippen molar-refractivity contribution >= 4 is 11.7 Å². The lowest BCUT2D eigenvalue weighted by atomic mass is 9.90. The SMILES string of the molecule is COc1ccc(C(=O)Nc2ncccc2OCC2CCCCC2)cc1OC(F)F. The van der Waals surface area contributed by atoms with Gasteiger partial charge < -0.3 is 19.5 Å². The van der Waals surface area contributed by atoms with Crippen LogP contribution in [0.1, 0.15) is 42.5 Å². The van der Waals surface area contributed by atoms with Crippen molar-refractivity contribution in [3.8, 4) is 17.2 Å². The van der Waals surface area contributed by atoms with Gasteiger partial charge in [0.2, 0.25) is 0 Å². The first-order chi connectivity index (χ1) is 14.1. The zero-order valence-corrected chi connectivity index (χ0v) is 16.2. The van der Waals surface area contributed by atoms with Gasteiger partial charge in [-0.3, -0.25) is 4.79 Å². The maximum Gasteiger partial charge on any atom is 0.387 e. The highest BCUT2D eigenvalue weighted by molar-refractivity contribution is 6.04. The third-order valence-corrected chi connectivity index (χ3v) is 4.84. The van der Waals surface area contributed by atoms with Gasteiger partial charge in [0.05, 0.1) is 13.7 Å². The van der Waals surface area contributed by atoms with Crippen molar-refractivity contribution in [2.75, 3.05) is 19.0 Å². The molecule has 1 aromatic heterocycles. The van der Waals surface area contributed by atoms with Crippen LogP contribution >= 0.6 is 0 Å². The molecule has 0 saturated heterocycles. The summed E-state index contributed by atoms with van der Waals surface area (Å²) in [5.41, 5.74) is 0.130. The molecule has 29 heavy (non-hydrogen) atoms. The van der Waals surface area contributed by atoms with E-state index in [-0.39, 0.29) is 22.9 Å². The highest BCUT2D eigenvalue weighted by Gasteiger charge is 2.18. The number of nitrogens with zero attached hydrogens (tertiary/aromatic N) is 1. The summed E-state index contributed by atoms with van der Waals surface area (Å²) in [5, 5.41) is 2.67. The van der Waals surface area contributed by atoms with E-state index in [2.05, 4.69) is 15.0 Å². The molecule has 0 unspecified atom stereocenters. The second kappa shape index (κ2) is 10.0. The fraction of sp³-hybridized carbons (Fsp3) is 0.429. The molecule has 1 aliphatic carbocycles. The van der Waals surface area contributed by atoms with Crippen molar-refractivity contribution in [2.45, 2.75) is 38.7 Å². The Balaban J connectivity index is 1.70. The van der Waals surface area contributed by atoms with Crippen LogP contribution in [0.4, 0.5) is 14.6 Å². The fourth-order valence-corrected chi connectivity index (χ4v) is 3.35. The average Bonchev–Trinajstić information content (AvgIpc) is 2.73. The number of aromatic nitrogens is 1. The monoisotopic (exact) mass is 406 g/mol. The predicted molar refractivity (Wildman–Crippen MR) is 104 cm³/mol. The summed E-state index contributed by atoms with van der Waals surface area (Å²) < 4.78 is 40.5. The van der Waals surface area contributed by atoms with Gasteiger partial charge in [-0.05, 0) is 49.1 Å². The van der Waals surface area contributed by atoms with Crippen LogP contribution < -0.4 is 19.5 Å². The number of rotatable bonds is 8. The highest BCUT2D eigenvalue weighted by Crippen LogP contribution is 2.31. The number of methoxy groups -OCH3 is 1. The molecule has 1 aromatic carbocycles. The summed E-state index contributed by atoms with van der Waals surface area (Å²) in [5.74, 6) is 0.627. The van der Waals surface area contributed by atoms with Gasteiger partial charge in [0.15, 0.2) is 23.1 Å². The molecule has 156 valence electrons. The zero-order chi connectivity index (χ0) is 20.6. The second-order valence-corrected chi connectivity index (χ2v) is 6.86. The molecular weight excluding hydrogens is 382 g/mol. The van der Waals surface area contributed by atoms with Crippen LogP contribution in [0, 0.1) is 5.92 Å². The van der Waals surface area contributed by atoms with Gasteiger partial charge >= 0.3 is 6.61 Å². The Morgan fingerprint density at radius 1 is 1.17 bits per heavy atom. The Kier molecular flexibility index (Phi) is 7.21. The number of hydrogen-bond donors (Lipinski definition) is 1. The summed E-state index contributed by atoms with van der Waals surface area (Å²) in [6.45, 7) is -2.46. The number of alkyl halides is 2. The van der Waals surface area contributed by atoms with Crippen molar-refractivity contribution in [1.82, 2.24) is 4.98 Å². The van der Waals surface area contributed by atoms with Crippen molar-refractivity contribution in [3.05, 3.63) is 42.1 Å². The molecule has 1 saturated carbocycles. The number of carbonyl (C=O) groups is 1. The summed E-state index contributed by atoms with van der Waals surface area (Å²) >= 11 is 0. The summed E-state index contributed by atoms with van der Waals surface area (Å²) in [6.07, 6.45) is 7.52. The molecule has 1 N–H and O–H groups in total. The fourth-order valence-electron chi connectivity index (χ4n) is 3.35. The van der Waals surface area contributed by atoms with Crippen molar-refractivity contribution in [2.24, 2.45) is 5.92 Å². The van der Waals surface area contributed by atoms with E-state index in [1.54, 1.807) is 18.3 Å². The third-order valence-electron chi connectivity index (χ3n) is 4.84. The molecule has 1 amide bonds. The number of halogens is 2. The number of nitrogens with one attached hydrogen (secondary N) is 1. The van der Waals surface area contributed by atoms with Crippen LogP contribution in [-0.2, 0) is 0 Å². The predicted octanol–water partition coefficient (Wildman–Crippen LogP) is 4.90. The number of anilines is 1. The van der Waals surface area contributed by atoms with E-state index < -0.39 is 12.5 Å². The van der Waals surface area contributed by atoms with E-state index in [0.717, 1.165) is 12.8 Å². The van der Waals surface area contributed by atoms with Crippen LogP contribution in [0.15, 0.2) is 36.5 Å². The van der Waals surface area contributed by atoms with E-state index >= 15 is 0 Å². The summed E-state index contributed by atoms with van der Waals surface area (Å²) in [4.78, 5) is 16.8. The van der Waals surface area contributed by atoms with Gasteiger partial charge in [-0.2, -0.15) is 8.78 Å². The van der Waals surface area contributed by atoms with Crippen LogP contribution in [-0.4, -0.2) is 31.2 Å². The number of amides is 1. The van der Waals surface area contributed by atoms with Gasteiger partial charge in [-0.25, -0.2) is 4.98 Å². The van der Waals surface area contributed by atoms with E-state index in [4.69, 9.17) is 9.47 Å². The topological polar surface area (TPSA) is 69.7 Å². The van der Waals surface area contributed by atoms with Crippen molar-refractivity contribution in [1.29, 1.82) is 0 Å².